The van der Waals surface area contributed by atoms with E-state index in [1.54, 1.807) is 43.3 Å². The average molecular weight is 305 g/mol. The van der Waals surface area contributed by atoms with Crippen molar-refractivity contribution in [1.82, 2.24) is 0 Å². The smallest absolute Gasteiger partial charge is 0.344 e. The zero-order valence-electron chi connectivity index (χ0n) is 11.3. The summed E-state index contributed by atoms with van der Waals surface area (Å²) in [6, 6.07) is 12.7. The van der Waals surface area contributed by atoms with E-state index in [2.05, 4.69) is 0 Å². The van der Waals surface area contributed by atoms with Crippen molar-refractivity contribution in [3.63, 3.8) is 0 Å². The molecule has 2 aromatic carbocycles. The largest absolute Gasteiger partial charge is 0.462 e. The van der Waals surface area contributed by atoms with Gasteiger partial charge in [0.05, 0.1) is 17.7 Å². The van der Waals surface area contributed by atoms with E-state index < -0.39 is 11.9 Å². The van der Waals surface area contributed by atoms with Crippen LogP contribution in [-0.4, -0.2) is 18.5 Å². The Labute approximate surface area is 127 Å². The maximum atomic E-state index is 12.2. The summed E-state index contributed by atoms with van der Waals surface area (Å²) in [6.45, 7) is 1.94. The fraction of sp³-hybridized carbons (Fsp3) is 0.125. The van der Waals surface area contributed by atoms with Crippen molar-refractivity contribution < 1.29 is 19.1 Å². The summed E-state index contributed by atoms with van der Waals surface area (Å²) in [5.41, 5.74) is 0.337. The second kappa shape index (κ2) is 6.90. The number of esters is 2. The third-order valence-electron chi connectivity index (χ3n) is 2.67. The molecule has 0 saturated heterocycles. The van der Waals surface area contributed by atoms with Gasteiger partial charge in [-0.15, -0.1) is 0 Å². The first kappa shape index (κ1) is 15.1. The van der Waals surface area contributed by atoms with E-state index in [0.717, 1.165) is 0 Å². The molecule has 2 rings (SSSR count). The molecule has 0 spiro atoms. The number of benzene rings is 2. The van der Waals surface area contributed by atoms with Gasteiger partial charge in [-0.1, -0.05) is 23.7 Å². The topological polar surface area (TPSA) is 52.6 Å². The molecule has 0 fully saturated rings. The van der Waals surface area contributed by atoms with Crippen LogP contribution in [0.15, 0.2) is 48.5 Å². The quantitative estimate of drug-likeness (QED) is 0.638. The van der Waals surface area contributed by atoms with Gasteiger partial charge in [0.15, 0.2) is 0 Å². The summed E-state index contributed by atoms with van der Waals surface area (Å²) in [6.07, 6.45) is 0. The van der Waals surface area contributed by atoms with Gasteiger partial charge in [-0.2, -0.15) is 0 Å². The highest BCUT2D eigenvalue weighted by Crippen LogP contribution is 2.18. The van der Waals surface area contributed by atoms with Crippen molar-refractivity contribution >= 4 is 23.5 Å². The molecule has 21 heavy (non-hydrogen) atoms. The van der Waals surface area contributed by atoms with Crippen LogP contribution in [0.25, 0.3) is 0 Å². The normalized spacial score (nSPS) is 10.0. The van der Waals surface area contributed by atoms with Crippen LogP contribution in [0.3, 0.4) is 0 Å². The van der Waals surface area contributed by atoms with Gasteiger partial charge < -0.3 is 9.47 Å². The van der Waals surface area contributed by atoms with E-state index in [0.29, 0.717) is 10.8 Å². The molecule has 0 heterocycles. The summed E-state index contributed by atoms with van der Waals surface area (Å²) >= 11 is 5.77. The van der Waals surface area contributed by atoms with Crippen molar-refractivity contribution in [2.45, 2.75) is 6.92 Å². The Hall–Kier alpha value is -2.33. The summed E-state index contributed by atoms with van der Waals surface area (Å²) in [7, 11) is 0. The minimum Gasteiger partial charge on any atom is -0.462 e. The molecule has 0 bridgehead atoms. The Kier molecular flexibility index (Phi) is 4.95. The van der Waals surface area contributed by atoms with E-state index in [-0.39, 0.29) is 17.7 Å². The third-order valence-corrected chi connectivity index (χ3v) is 2.92. The predicted molar refractivity (Wildman–Crippen MR) is 78.8 cm³/mol. The lowest BCUT2D eigenvalue weighted by Crippen LogP contribution is -2.15. The first-order valence-electron chi connectivity index (χ1n) is 6.35. The predicted octanol–water partition coefficient (Wildman–Crippen LogP) is 3.74. The zero-order chi connectivity index (χ0) is 15.2. The number of hydrogen-bond donors (Lipinski definition) is 0. The molecule has 108 valence electrons. The Morgan fingerprint density at radius 3 is 2.10 bits per heavy atom. The number of carbonyl (C=O) groups is 2. The summed E-state index contributed by atoms with van der Waals surface area (Å²) in [5, 5.41) is 0.543. The Balaban J connectivity index is 2.23. The monoisotopic (exact) mass is 304 g/mol. The van der Waals surface area contributed by atoms with Gasteiger partial charge in [0.2, 0.25) is 0 Å². The maximum Gasteiger partial charge on any atom is 0.344 e. The van der Waals surface area contributed by atoms with Crippen LogP contribution >= 0.6 is 11.6 Å². The molecule has 5 heteroatoms. The van der Waals surface area contributed by atoms with Gasteiger partial charge >= 0.3 is 11.9 Å². The molecule has 2 aromatic rings. The Morgan fingerprint density at radius 1 is 0.952 bits per heavy atom. The van der Waals surface area contributed by atoms with Gasteiger partial charge in [-0.25, -0.2) is 9.59 Å². The number of hydrogen-bond acceptors (Lipinski definition) is 4. The highest BCUT2D eigenvalue weighted by Gasteiger charge is 2.19. The highest BCUT2D eigenvalue weighted by molar-refractivity contribution is 6.30. The second-order valence-electron chi connectivity index (χ2n) is 4.11. The second-order valence-corrected chi connectivity index (χ2v) is 4.55. The van der Waals surface area contributed by atoms with E-state index >= 15 is 0 Å². The molecule has 0 aromatic heterocycles. The molecule has 0 aliphatic carbocycles. The zero-order valence-corrected chi connectivity index (χ0v) is 12.1. The van der Waals surface area contributed by atoms with Crippen LogP contribution in [0.1, 0.15) is 27.6 Å². The standard InChI is InChI=1S/C16H13ClO4/c1-2-20-15(18)13-5-3-4-6-14(13)16(19)21-12-9-7-11(17)8-10-12/h3-10H,2H2,1H3. The molecular formula is C16H13ClO4. The number of rotatable bonds is 4. The molecule has 0 aliphatic heterocycles. The van der Waals surface area contributed by atoms with Crippen LogP contribution < -0.4 is 4.74 Å². The summed E-state index contributed by atoms with van der Waals surface area (Å²) < 4.78 is 10.1. The van der Waals surface area contributed by atoms with E-state index in [1.165, 1.54) is 12.1 Å². The van der Waals surface area contributed by atoms with E-state index in [1.807, 2.05) is 0 Å². The fourth-order valence-corrected chi connectivity index (χ4v) is 1.84. The first-order valence-corrected chi connectivity index (χ1v) is 6.73. The molecule has 0 N–H and O–H groups in total. The van der Waals surface area contributed by atoms with Crippen molar-refractivity contribution in [3.05, 3.63) is 64.7 Å². The molecule has 0 atom stereocenters. The Morgan fingerprint density at radius 2 is 1.52 bits per heavy atom. The van der Waals surface area contributed by atoms with E-state index in [9.17, 15) is 9.59 Å². The van der Waals surface area contributed by atoms with Crippen molar-refractivity contribution in [1.29, 1.82) is 0 Å². The van der Waals surface area contributed by atoms with Gasteiger partial charge in [-0.05, 0) is 43.3 Å². The SMILES string of the molecule is CCOC(=O)c1ccccc1C(=O)Oc1ccc(Cl)cc1. The lowest BCUT2D eigenvalue weighted by molar-refractivity contribution is 0.0517. The van der Waals surface area contributed by atoms with Crippen LogP contribution in [0.2, 0.25) is 5.02 Å². The van der Waals surface area contributed by atoms with Crippen LogP contribution in [0.4, 0.5) is 0 Å². The minimum atomic E-state index is -0.624. The van der Waals surface area contributed by atoms with Crippen LogP contribution in [-0.2, 0) is 4.74 Å². The molecule has 0 radical (unpaired) electrons. The van der Waals surface area contributed by atoms with E-state index in [4.69, 9.17) is 21.1 Å². The van der Waals surface area contributed by atoms with Crippen LogP contribution in [0.5, 0.6) is 5.75 Å². The van der Waals surface area contributed by atoms with Crippen molar-refractivity contribution in [3.8, 4) is 5.75 Å². The minimum absolute atomic E-state index is 0.158. The first-order chi connectivity index (χ1) is 10.1. The Bertz CT molecular complexity index is 650. The highest BCUT2D eigenvalue weighted by atomic mass is 35.5. The lowest BCUT2D eigenvalue weighted by Gasteiger charge is -2.08. The molecule has 0 aliphatic rings. The molecule has 0 unspecified atom stereocenters. The van der Waals surface area contributed by atoms with Gasteiger partial charge in [-0.3, -0.25) is 0 Å². The van der Waals surface area contributed by atoms with Gasteiger partial charge in [0.25, 0.3) is 0 Å². The number of ether oxygens (including phenoxy) is 2. The molecule has 4 nitrogen and oxygen atoms in total. The molecular weight excluding hydrogens is 292 g/mol. The van der Waals surface area contributed by atoms with Crippen molar-refractivity contribution in [2.24, 2.45) is 0 Å². The van der Waals surface area contributed by atoms with Crippen LogP contribution in [0, 0.1) is 0 Å². The third kappa shape index (κ3) is 3.83. The van der Waals surface area contributed by atoms with Gasteiger partial charge in [0, 0.05) is 5.02 Å². The summed E-state index contributed by atoms with van der Waals surface area (Å²) in [4.78, 5) is 24.0. The fourth-order valence-electron chi connectivity index (χ4n) is 1.71. The summed E-state index contributed by atoms with van der Waals surface area (Å²) in [5.74, 6) is -0.829. The van der Waals surface area contributed by atoms with Crippen molar-refractivity contribution in [2.75, 3.05) is 6.61 Å². The maximum absolute atomic E-state index is 12.2. The molecule has 0 saturated carbocycles. The number of carbonyl (C=O) groups excluding carboxylic acids is 2. The van der Waals surface area contributed by atoms with Gasteiger partial charge in [0.1, 0.15) is 5.75 Å². The lowest BCUT2D eigenvalue weighted by atomic mass is 10.1. The molecule has 0 amide bonds. The average Bonchev–Trinajstić information content (AvgIpc) is 2.50. The number of halogens is 1.